The van der Waals surface area contributed by atoms with E-state index in [2.05, 4.69) is 0 Å². The van der Waals surface area contributed by atoms with Crippen LogP contribution < -0.4 is 0 Å². The van der Waals surface area contributed by atoms with Crippen molar-refractivity contribution in [2.75, 3.05) is 26.2 Å². The van der Waals surface area contributed by atoms with E-state index in [4.69, 9.17) is 5.11 Å². The van der Waals surface area contributed by atoms with Crippen molar-refractivity contribution in [3.05, 3.63) is 0 Å². The molecule has 0 saturated carbocycles. The van der Waals surface area contributed by atoms with Crippen molar-refractivity contribution >= 4 is 12.0 Å². The Bertz CT molecular complexity index is 361. The minimum Gasteiger partial charge on any atom is -0.481 e. The molecule has 2 saturated heterocycles. The zero-order valence-electron chi connectivity index (χ0n) is 11.8. The zero-order chi connectivity index (χ0) is 14.5. The fourth-order valence-corrected chi connectivity index (χ4v) is 3.13. The second-order valence-electron chi connectivity index (χ2n) is 5.91. The molecule has 6 nitrogen and oxygen atoms in total. The highest BCUT2D eigenvalue weighted by Crippen LogP contribution is 2.23. The normalized spacial score (nSPS) is 27.4. The number of rotatable bonds is 3. The fourth-order valence-electron chi connectivity index (χ4n) is 3.13. The smallest absolute Gasteiger partial charge is 0.320 e. The van der Waals surface area contributed by atoms with Gasteiger partial charge in [-0.1, -0.05) is 0 Å². The number of aliphatic hydroxyl groups excluding tert-OH is 1. The molecule has 0 aromatic heterocycles. The lowest BCUT2D eigenvalue weighted by Gasteiger charge is -2.38. The van der Waals surface area contributed by atoms with Crippen LogP contribution >= 0.6 is 0 Å². The second kappa shape index (κ2) is 6.92. The highest BCUT2D eigenvalue weighted by Gasteiger charge is 2.29. The number of amides is 2. The number of piperidine rings is 2. The molecule has 0 aromatic rings. The molecule has 2 N–H and O–H groups in total. The molecule has 0 bridgehead atoms. The first-order valence-corrected chi connectivity index (χ1v) is 7.50. The summed E-state index contributed by atoms with van der Waals surface area (Å²) in [7, 11) is 0. The Morgan fingerprint density at radius 1 is 1.05 bits per heavy atom. The van der Waals surface area contributed by atoms with Crippen molar-refractivity contribution in [1.82, 2.24) is 9.80 Å². The van der Waals surface area contributed by atoms with Crippen LogP contribution in [0.1, 0.15) is 38.5 Å². The quantitative estimate of drug-likeness (QED) is 0.814. The molecule has 6 heteroatoms. The van der Waals surface area contributed by atoms with E-state index in [1.807, 2.05) is 4.90 Å². The van der Waals surface area contributed by atoms with E-state index in [0.717, 1.165) is 32.2 Å². The molecule has 2 amide bonds. The molecule has 0 aliphatic carbocycles. The monoisotopic (exact) mass is 284 g/mol. The van der Waals surface area contributed by atoms with Crippen LogP contribution in [0.3, 0.4) is 0 Å². The Morgan fingerprint density at radius 2 is 1.70 bits per heavy atom. The Morgan fingerprint density at radius 3 is 2.35 bits per heavy atom. The Hall–Kier alpha value is -1.30. The molecule has 0 aromatic carbocycles. The van der Waals surface area contributed by atoms with Gasteiger partial charge in [-0.25, -0.2) is 4.79 Å². The number of nitrogens with zero attached hydrogens (tertiary/aromatic N) is 2. The number of aliphatic carboxylic acids is 1. The predicted molar refractivity (Wildman–Crippen MR) is 73.4 cm³/mol. The second-order valence-corrected chi connectivity index (χ2v) is 5.91. The molecule has 2 fully saturated rings. The largest absolute Gasteiger partial charge is 0.481 e. The van der Waals surface area contributed by atoms with Crippen LogP contribution in [0.25, 0.3) is 0 Å². The Balaban J connectivity index is 1.84. The van der Waals surface area contributed by atoms with Crippen molar-refractivity contribution in [3.8, 4) is 0 Å². The molecule has 114 valence electrons. The molecular weight excluding hydrogens is 260 g/mol. The van der Waals surface area contributed by atoms with Gasteiger partial charge in [0.25, 0.3) is 0 Å². The summed E-state index contributed by atoms with van der Waals surface area (Å²) in [5.74, 6) is -0.480. The minimum atomic E-state index is -0.771. The molecule has 2 unspecified atom stereocenters. The third-order valence-electron chi connectivity index (χ3n) is 4.22. The third kappa shape index (κ3) is 4.10. The first kappa shape index (κ1) is 15.1. The standard InChI is InChI=1S/C14H24N2O4/c17-12-4-2-8-16(10-12)14(20)15-7-1-3-11(9-15)5-6-13(18)19/h11-12,17H,1-10H2,(H,18,19). The van der Waals surface area contributed by atoms with Gasteiger partial charge in [0.2, 0.25) is 0 Å². The summed E-state index contributed by atoms with van der Waals surface area (Å²) in [6.07, 6.45) is 3.97. The molecule has 0 spiro atoms. The summed E-state index contributed by atoms with van der Waals surface area (Å²) in [5, 5.41) is 18.4. The van der Waals surface area contributed by atoms with Crippen LogP contribution in [0.2, 0.25) is 0 Å². The topological polar surface area (TPSA) is 81.1 Å². The maximum atomic E-state index is 12.4. The van der Waals surface area contributed by atoms with E-state index in [9.17, 15) is 14.7 Å². The van der Waals surface area contributed by atoms with Gasteiger partial charge in [0.1, 0.15) is 0 Å². The van der Waals surface area contributed by atoms with Crippen LogP contribution in [0.4, 0.5) is 4.79 Å². The minimum absolute atomic E-state index is 0.00350. The highest BCUT2D eigenvalue weighted by atomic mass is 16.4. The van der Waals surface area contributed by atoms with Gasteiger partial charge in [-0.05, 0) is 38.0 Å². The van der Waals surface area contributed by atoms with Crippen molar-refractivity contribution in [3.63, 3.8) is 0 Å². The lowest BCUT2D eigenvalue weighted by atomic mass is 9.93. The van der Waals surface area contributed by atoms with Crippen molar-refractivity contribution in [2.24, 2.45) is 5.92 Å². The van der Waals surface area contributed by atoms with Gasteiger partial charge in [-0.3, -0.25) is 4.79 Å². The van der Waals surface area contributed by atoms with E-state index in [1.54, 1.807) is 4.90 Å². The number of carbonyl (C=O) groups is 2. The molecule has 2 heterocycles. The highest BCUT2D eigenvalue weighted by molar-refractivity contribution is 5.74. The molecule has 2 rings (SSSR count). The SMILES string of the molecule is O=C(O)CCC1CCCN(C(=O)N2CCCC(O)C2)C1. The number of carbonyl (C=O) groups excluding carboxylic acids is 1. The average Bonchev–Trinajstić information content (AvgIpc) is 2.44. The van der Waals surface area contributed by atoms with Gasteiger partial charge in [0.15, 0.2) is 0 Å². The number of aliphatic hydroxyl groups is 1. The van der Waals surface area contributed by atoms with E-state index in [0.29, 0.717) is 32.0 Å². The van der Waals surface area contributed by atoms with E-state index in [1.165, 1.54) is 0 Å². The first-order chi connectivity index (χ1) is 9.56. The number of carboxylic acid groups (broad SMARTS) is 1. The van der Waals surface area contributed by atoms with Crippen molar-refractivity contribution < 1.29 is 19.8 Å². The number of β-amino-alcohol motifs (C(OH)–C–C–N with tert-alkyl or cyclic N) is 1. The summed E-state index contributed by atoms with van der Waals surface area (Å²) in [5.41, 5.74) is 0. The summed E-state index contributed by atoms with van der Waals surface area (Å²) < 4.78 is 0. The Labute approximate surface area is 119 Å². The number of likely N-dealkylation sites (tertiary alicyclic amines) is 2. The zero-order valence-corrected chi connectivity index (χ0v) is 11.8. The lowest BCUT2D eigenvalue weighted by Crippen LogP contribution is -2.51. The molecule has 2 aliphatic rings. The van der Waals surface area contributed by atoms with E-state index >= 15 is 0 Å². The number of hydrogen-bond donors (Lipinski definition) is 2. The van der Waals surface area contributed by atoms with Gasteiger partial charge in [0.05, 0.1) is 6.10 Å². The van der Waals surface area contributed by atoms with Crippen molar-refractivity contribution in [1.29, 1.82) is 0 Å². The lowest BCUT2D eigenvalue weighted by molar-refractivity contribution is -0.137. The van der Waals surface area contributed by atoms with Gasteiger partial charge in [-0.15, -0.1) is 0 Å². The molecule has 0 radical (unpaired) electrons. The number of urea groups is 1. The van der Waals surface area contributed by atoms with Crippen LogP contribution in [0.5, 0.6) is 0 Å². The van der Waals surface area contributed by atoms with Crippen molar-refractivity contribution in [2.45, 2.75) is 44.6 Å². The van der Waals surface area contributed by atoms with E-state index < -0.39 is 12.1 Å². The summed E-state index contributed by atoms with van der Waals surface area (Å²) in [6, 6.07) is 0.00350. The number of carboxylic acids is 1. The summed E-state index contributed by atoms with van der Waals surface area (Å²) in [6.45, 7) is 2.54. The summed E-state index contributed by atoms with van der Waals surface area (Å²) >= 11 is 0. The van der Waals surface area contributed by atoms with Gasteiger partial charge >= 0.3 is 12.0 Å². The molecular formula is C14H24N2O4. The fraction of sp³-hybridized carbons (Fsp3) is 0.857. The average molecular weight is 284 g/mol. The maximum Gasteiger partial charge on any atom is 0.320 e. The molecule has 20 heavy (non-hydrogen) atoms. The van der Waals surface area contributed by atoms with Crippen LogP contribution in [0, 0.1) is 5.92 Å². The van der Waals surface area contributed by atoms with Crippen LogP contribution in [0.15, 0.2) is 0 Å². The number of hydrogen-bond acceptors (Lipinski definition) is 3. The first-order valence-electron chi connectivity index (χ1n) is 7.50. The van der Waals surface area contributed by atoms with E-state index in [-0.39, 0.29) is 12.5 Å². The predicted octanol–water partition coefficient (Wildman–Crippen LogP) is 1.14. The molecule has 2 aliphatic heterocycles. The maximum absolute atomic E-state index is 12.4. The summed E-state index contributed by atoms with van der Waals surface area (Å²) in [4.78, 5) is 26.6. The van der Waals surface area contributed by atoms with Gasteiger partial charge in [0, 0.05) is 32.6 Å². The van der Waals surface area contributed by atoms with Crippen LogP contribution in [-0.2, 0) is 4.79 Å². The van der Waals surface area contributed by atoms with Crippen LogP contribution in [-0.4, -0.2) is 64.3 Å². The molecule has 2 atom stereocenters. The third-order valence-corrected chi connectivity index (χ3v) is 4.22. The van der Waals surface area contributed by atoms with Gasteiger partial charge in [-0.2, -0.15) is 0 Å². The Kier molecular flexibility index (Phi) is 5.23. The van der Waals surface area contributed by atoms with Gasteiger partial charge < -0.3 is 20.0 Å².